The normalized spacial score (nSPS) is 36.3. The second kappa shape index (κ2) is 7.01. The molecule has 0 saturated carbocycles. The number of carbonyl (C=O) groups excluding carboxylic acids is 1. The zero-order valence-corrected chi connectivity index (χ0v) is 13.0. The van der Waals surface area contributed by atoms with Crippen LogP contribution in [-0.4, -0.2) is 60.5 Å². The molecule has 0 radical (unpaired) electrons. The number of hydrogen-bond acceptors (Lipinski definition) is 8. The van der Waals surface area contributed by atoms with Crippen LogP contribution in [0.15, 0.2) is 12.3 Å². The van der Waals surface area contributed by atoms with E-state index in [1.807, 2.05) is 0 Å². The molecule has 2 aliphatic rings. The van der Waals surface area contributed by atoms with Gasteiger partial charge >= 0.3 is 6.03 Å². The number of hydrogen-bond donors (Lipinski definition) is 3. The number of nitrogens with zero attached hydrogens (tertiary/aromatic N) is 1. The average molecular weight is 338 g/mol. The van der Waals surface area contributed by atoms with Crippen LogP contribution in [0.3, 0.4) is 0 Å². The Morgan fingerprint density at radius 1 is 1.62 bits per heavy atom. The Balaban J connectivity index is 2.23. The fourth-order valence-electron chi connectivity index (χ4n) is 2.27. The Morgan fingerprint density at radius 3 is 2.86 bits per heavy atom. The second-order valence-electron chi connectivity index (χ2n) is 4.47. The van der Waals surface area contributed by atoms with Gasteiger partial charge in [-0.2, -0.15) is 0 Å². The van der Waals surface area contributed by atoms with Crippen LogP contribution < -0.4 is 11.1 Å². The smallest absolute Gasteiger partial charge is 0.325 e. The summed E-state index contributed by atoms with van der Waals surface area (Å²) in [5, 5.41) is 11.9. The van der Waals surface area contributed by atoms with Crippen LogP contribution >= 0.6 is 8.02 Å². The molecule has 0 aromatic carbocycles. The van der Waals surface area contributed by atoms with Gasteiger partial charge in [0.1, 0.15) is 12.2 Å². The third-order valence-electron chi connectivity index (χ3n) is 3.19. The highest BCUT2D eigenvalue weighted by Gasteiger charge is 2.48. The summed E-state index contributed by atoms with van der Waals surface area (Å²) in [6.07, 6.45) is -0.684. The van der Waals surface area contributed by atoms with E-state index in [9.17, 15) is 14.1 Å². The van der Waals surface area contributed by atoms with Crippen molar-refractivity contribution in [3.63, 3.8) is 0 Å². The van der Waals surface area contributed by atoms with Gasteiger partial charge in [-0.05, 0) is 6.08 Å². The number of nitrogens with two attached hydrogens (primary N) is 1. The fraction of sp³-hybridized carbons (Fsp3) is 0.700. The Labute approximate surface area is 125 Å². The molecular weight excluding hydrogens is 321 g/mol. The van der Waals surface area contributed by atoms with Gasteiger partial charge in [-0.25, -0.2) is 12.8 Å². The van der Waals surface area contributed by atoms with Crippen molar-refractivity contribution in [2.45, 2.75) is 30.7 Å². The molecule has 2 rings (SSSR count). The summed E-state index contributed by atoms with van der Waals surface area (Å²) in [6.45, 7) is -0.372. The highest BCUT2D eigenvalue weighted by Crippen LogP contribution is 2.29. The van der Waals surface area contributed by atoms with E-state index < -0.39 is 47.0 Å². The van der Waals surface area contributed by atoms with Gasteiger partial charge in [-0.3, -0.25) is 4.90 Å². The number of ether oxygens (including phenoxy) is 2. The van der Waals surface area contributed by atoms with E-state index in [0.29, 0.717) is 0 Å². The summed E-state index contributed by atoms with van der Waals surface area (Å²) in [5.41, 5.74) is 5.57. The predicted molar refractivity (Wildman–Crippen MR) is 75.3 cm³/mol. The Kier molecular flexibility index (Phi) is 5.55. The SMILES string of the molecule is COC1C(O[S-](=O)=P)C(CO)OC1N1C=CC(N)NC1=O. The summed E-state index contributed by atoms with van der Waals surface area (Å²) < 4.78 is 27.2. The molecule has 0 aromatic heterocycles. The minimum Gasteiger partial charge on any atom is -0.441 e. The fourth-order valence-corrected chi connectivity index (χ4v) is 3.03. The van der Waals surface area contributed by atoms with Crippen LogP contribution in [0.4, 0.5) is 4.79 Å². The van der Waals surface area contributed by atoms with Gasteiger partial charge in [0.05, 0.1) is 18.9 Å². The van der Waals surface area contributed by atoms with Gasteiger partial charge in [0.15, 0.2) is 6.23 Å². The lowest BCUT2D eigenvalue weighted by atomic mass is 10.1. The number of aliphatic hydroxyl groups excluding tert-OH is 1. The molecule has 5 unspecified atom stereocenters. The largest absolute Gasteiger partial charge is 0.441 e. The molecule has 0 aliphatic carbocycles. The Bertz CT molecular complexity index is 493. The van der Waals surface area contributed by atoms with E-state index in [2.05, 4.69) is 13.3 Å². The number of nitrogens with one attached hydrogen (secondary N) is 1. The lowest BCUT2D eigenvalue weighted by Gasteiger charge is -2.33. The van der Waals surface area contributed by atoms with Gasteiger partial charge in [-0.15, -0.1) is 10.3 Å². The van der Waals surface area contributed by atoms with Crippen molar-refractivity contribution >= 4 is 24.3 Å². The summed E-state index contributed by atoms with van der Waals surface area (Å²) in [7, 11) is 2.47. The molecule has 1 fully saturated rings. The van der Waals surface area contributed by atoms with Gasteiger partial charge in [0.25, 0.3) is 0 Å². The molecule has 4 N–H and O–H groups in total. The first-order valence-corrected chi connectivity index (χ1v) is 8.40. The molecule has 2 heterocycles. The predicted octanol–water partition coefficient (Wildman–Crippen LogP) is -1.14. The number of carbonyl (C=O) groups is 1. The molecule has 5 atom stereocenters. The van der Waals surface area contributed by atoms with E-state index >= 15 is 0 Å². The third kappa shape index (κ3) is 3.54. The number of amides is 2. The highest BCUT2D eigenvalue weighted by molar-refractivity contribution is 8.03. The van der Waals surface area contributed by atoms with E-state index in [1.54, 1.807) is 6.08 Å². The molecule has 0 spiro atoms. The molecule has 1 saturated heterocycles. The lowest BCUT2D eigenvalue weighted by molar-refractivity contribution is -0.0735. The summed E-state index contributed by atoms with van der Waals surface area (Å²) >= 11 is 0. The van der Waals surface area contributed by atoms with Crippen LogP contribution in [0.2, 0.25) is 0 Å². The van der Waals surface area contributed by atoms with Gasteiger partial charge < -0.3 is 34.0 Å². The maximum absolute atomic E-state index is 12.0. The summed E-state index contributed by atoms with van der Waals surface area (Å²) in [4.78, 5) is 13.2. The van der Waals surface area contributed by atoms with Crippen LogP contribution in [-0.2, 0) is 28.1 Å². The van der Waals surface area contributed by atoms with Gasteiger partial charge in [0, 0.05) is 13.3 Å². The average Bonchev–Trinajstić information content (AvgIpc) is 2.75. The molecule has 0 bridgehead atoms. The van der Waals surface area contributed by atoms with Gasteiger partial charge in [0.2, 0.25) is 0 Å². The van der Waals surface area contributed by atoms with E-state index in [0.717, 1.165) is 0 Å². The van der Waals surface area contributed by atoms with Crippen molar-refractivity contribution in [2.24, 2.45) is 5.73 Å². The van der Waals surface area contributed by atoms with Crippen LogP contribution in [0, 0.1) is 0 Å². The van der Waals surface area contributed by atoms with E-state index in [-0.39, 0.29) is 6.61 Å². The van der Waals surface area contributed by atoms with Gasteiger partial charge in [-0.1, -0.05) is 0 Å². The summed E-state index contributed by atoms with van der Waals surface area (Å²) in [6, 6.07) is -0.464. The Morgan fingerprint density at radius 2 is 2.33 bits per heavy atom. The number of urea groups is 1. The molecular formula is C10H17N3O6PS-. The zero-order chi connectivity index (χ0) is 15.6. The number of aliphatic hydroxyl groups is 1. The summed E-state index contributed by atoms with van der Waals surface area (Å²) in [5.74, 6) is 0. The lowest BCUT2D eigenvalue weighted by Crippen LogP contribution is -2.55. The number of rotatable bonds is 5. The maximum atomic E-state index is 12.0. The van der Waals surface area contributed by atoms with Crippen LogP contribution in [0.25, 0.3) is 0 Å². The maximum Gasteiger partial charge on any atom is 0.325 e. The van der Waals surface area contributed by atoms with E-state index in [1.165, 1.54) is 18.2 Å². The first-order valence-electron chi connectivity index (χ1n) is 6.10. The van der Waals surface area contributed by atoms with Crippen LogP contribution in [0.1, 0.15) is 0 Å². The molecule has 21 heavy (non-hydrogen) atoms. The molecule has 2 amide bonds. The first kappa shape index (κ1) is 16.6. The highest BCUT2D eigenvalue weighted by atomic mass is 32.5. The first-order chi connectivity index (χ1) is 9.97. The molecule has 120 valence electrons. The Hall–Kier alpha value is -0.740. The standard InChI is InChI=1S/C10H17N3O6PS/c1-17-8-7(19-21(16)20)5(4-14)18-9(8)13-3-2-6(11)12-10(13)15/h2-3,5-9,14,20H,4,11H2,1H3,(H,12,15)/q-1. The molecule has 9 nitrogen and oxygen atoms in total. The van der Waals surface area contributed by atoms with Crippen molar-refractivity contribution < 1.29 is 27.8 Å². The zero-order valence-electron chi connectivity index (χ0n) is 11.2. The third-order valence-corrected chi connectivity index (χ3v) is 3.87. The van der Waals surface area contributed by atoms with Crippen molar-refractivity contribution in [3.8, 4) is 0 Å². The van der Waals surface area contributed by atoms with Crippen molar-refractivity contribution in [1.82, 2.24) is 10.2 Å². The minimum atomic E-state index is -1.76. The topological polar surface area (TPSA) is 123 Å². The van der Waals surface area contributed by atoms with Crippen molar-refractivity contribution in [3.05, 3.63) is 12.3 Å². The monoisotopic (exact) mass is 338 g/mol. The molecule has 0 aromatic rings. The minimum absolute atomic E-state index is 0.372. The number of methoxy groups -OCH3 is 1. The quantitative estimate of drug-likeness (QED) is 0.428. The van der Waals surface area contributed by atoms with Crippen molar-refractivity contribution in [1.29, 1.82) is 0 Å². The van der Waals surface area contributed by atoms with E-state index in [4.69, 9.17) is 19.4 Å². The van der Waals surface area contributed by atoms with Crippen molar-refractivity contribution in [2.75, 3.05) is 13.7 Å². The molecule has 2 aliphatic heterocycles. The molecule has 11 heteroatoms. The second-order valence-corrected chi connectivity index (χ2v) is 6.13. The van der Waals surface area contributed by atoms with Crippen LogP contribution in [0.5, 0.6) is 0 Å².